The molecule has 1 unspecified atom stereocenters. The number of benzene rings is 1. The van der Waals surface area contributed by atoms with Crippen LogP contribution in [-0.4, -0.2) is 22.3 Å². The smallest absolute Gasteiger partial charge is 0.300 e. The topological polar surface area (TPSA) is 53.4 Å². The fourth-order valence-electron chi connectivity index (χ4n) is 5.69. The Morgan fingerprint density at radius 3 is 2.43 bits per heavy atom. The van der Waals surface area contributed by atoms with Crippen molar-refractivity contribution >= 4 is 0 Å². The molecule has 0 N–H and O–H groups in total. The lowest BCUT2D eigenvalue weighted by Crippen LogP contribution is -2.32. The second kappa shape index (κ2) is 7.75. The Morgan fingerprint density at radius 2 is 1.80 bits per heavy atom. The second-order valence-corrected chi connectivity index (χ2v) is 10.6. The normalized spacial score (nSPS) is 22.4. The predicted octanol–water partition coefficient (Wildman–Crippen LogP) is 4.97. The van der Waals surface area contributed by atoms with Gasteiger partial charge in [0.15, 0.2) is 6.10 Å². The van der Waals surface area contributed by atoms with E-state index >= 15 is 0 Å². The van der Waals surface area contributed by atoms with Gasteiger partial charge >= 0.3 is 0 Å². The third kappa shape index (κ3) is 4.55. The summed E-state index contributed by atoms with van der Waals surface area (Å²) in [6.45, 7) is 12.7. The van der Waals surface area contributed by atoms with Gasteiger partial charge in [-0.05, 0) is 60.1 Å². The maximum absolute atomic E-state index is 11.7. The highest BCUT2D eigenvalue weighted by atomic mass is 16.6. The molecule has 1 fully saturated rings. The lowest BCUT2D eigenvalue weighted by molar-refractivity contribution is 0.0968. The van der Waals surface area contributed by atoms with E-state index in [2.05, 4.69) is 56.9 Å². The molecule has 4 rings (SSSR count). The van der Waals surface area contributed by atoms with Crippen LogP contribution in [-0.2, 0) is 13.0 Å². The van der Waals surface area contributed by atoms with E-state index in [4.69, 9.17) is 9.47 Å². The van der Waals surface area contributed by atoms with Crippen LogP contribution >= 0.6 is 0 Å². The van der Waals surface area contributed by atoms with Crippen LogP contribution in [0.2, 0.25) is 0 Å². The van der Waals surface area contributed by atoms with Crippen LogP contribution in [0.25, 0.3) is 0 Å². The molecule has 0 bridgehead atoms. The molecule has 1 aromatic heterocycles. The fraction of sp³-hybridized carbons (Fsp3) is 0.600. The first kappa shape index (κ1) is 21.0. The summed E-state index contributed by atoms with van der Waals surface area (Å²) in [5.74, 6) is 1.45. The zero-order valence-corrected chi connectivity index (χ0v) is 18.9. The average Bonchev–Trinajstić information content (AvgIpc) is 3.06. The number of aryl methyl sites for hydroxylation is 1. The Labute approximate surface area is 179 Å². The van der Waals surface area contributed by atoms with Gasteiger partial charge in [-0.3, -0.25) is 9.36 Å². The summed E-state index contributed by atoms with van der Waals surface area (Å²) in [7, 11) is 0. The van der Waals surface area contributed by atoms with Gasteiger partial charge in [0.2, 0.25) is 0 Å². The predicted molar refractivity (Wildman–Crippen MR) is 118 cm³/mol. The number of rotatable bonds is 5. The van der Waals surface area contributed by atoms with Crippen molar-refractivity contribution < 1.29 is 9.47 Å². The van der Waals surface area contributed by atoms with Crippen LogP contribution in [0.1, 0.15) is 71.1 Å². The van der Waals surface area contributed by atoms with Gasteiger partial charge in [-0.15, -0.1) is 0 Å². The Balaban J connectivity index is 1.37. The van der Waals surface area contributed by atoms with Crippen LogP contribution < -0.4 is 15.0 Å². The highest BCUT2D eigenvalue weighted by molar-refractivity contribution is 5.30. The highest BCUT2D eigenvalue weighted by Crippen LogP contribution is 2.51. The van der Waals surface area contributed by atoms with Gasteiger partial charge in [-0.1, -0.05) is 46.8 Å². The first-order valence-corrected chi connectivity index (χ1v) is 11.1. The third-order valence-corrected chi connectivity index (χ3v) is 6.44. The molecule has 0 radical (unpaired) electrons. The van der Waals surface area contributed by atoms with Crippen LogP contribution in [0.4, 0.5) is 0 Å². The summed E-state index contributed by atoms with van der Waals surface area (Å²) in [6, 6.07) is 10.6. The Kier molecular flexibility index (Phi) is 5.41. The molecule has 0 amide bonds. The SMILES string of the molecule is CCc1cc(=O)nc2n1CC(COc1ccc(C3CC(C)(C)CC(C)(C)C3)cc1)O2. The molecule has 1 atom stereocenters. The zero-order valence-electron chi connectivity index (χ0n) is 18.9. The minimum Gasteiger partial charge on any atom is -0.490 e. The Bertz CT molecular complexity index is 943. The first-order chi connectivity index (χ1) is 14.1. The molecular weight excluding hydrogens is 376 g/mol. The molecule has 2 heterocycles. The lowest BCUT2D eigenvalue weighted by Gasteiger charge is -2.45. The van der Waals surface area contributed by atoms with Crippen LogP contribution in [0.5, 0.6) is 11.8 Å². The van der Waals surface area contributed by atoms with E-state index in [0.717, 1.165) is 17.9 Å². The summed E-state index contributed by atoms with van der Waals surface area (Å²) in [6.07, 6.45) is 4.39. The van der Waals surface area contributed by atoms with Gasteiger partial charge in [0.05, 0.1) is 6.54 Å². The first-order valence-electron chi connectivity index (χ1n) is 11.1. The van der Waals surface area contributed by atoms with Crippen molar-refractivity contribution in [2.45, 2.75) is 78.9 Å². The van der Waals surface area contributed by atoms with Crippen molar-refractivity contribution in [2.75, 3.05) is 6.61 Å². The zero-order chi connectivity index (χ0) is 21.5. The molecule has 1 aliphatic carbocycles. The van der Waals surface area contributed by atoms with E-state index in [1.165, 1.54) is 24.8 Å². The Morgan fingerprint density at radius 1 is 1.13 bits per heavy atom. The van der Waals surface area contributed by atoms with Gasteiger partial charge in [-0.2, -0.15) is 4.98 Å². The summed E-state index contributed by atoms with van der Waals surface area (Å²) in [4.78, 5) is 15.7. The maximum Gasteiger partial charge on any atom is 0.300 e. The van der Waals surface area contributed by atoms with Crippen molar-refractivity contribution in [3.05, 3.63) is 51.9 Å². The second-order valence-electron chi connectivity index (χ2n) is 10.6. The number of nitrogens with zero attached hydrogens (tertiary/aromatic N) is 2. The summed E-state index contributed by atoms with van der Waals surface area (Å²) in [5, 5.41) is 0. The maximum atomic E-state index is 11.7. The molecule has 1 aliphatic heterocycles. The summed E-state index contributed by atoms with van der Waals surface area (Å²) < 4.78 is 13.8. The molecule has 5 heteroatoms. The minimum absolute atomic E-state index is 0.135. The molecule has 2 aromatic rings. The number of ether oxygens (including phenoxy) is 2. The van der Waals surface area contributed by atoms with E-state index in [0.29, 0.717) is 35.9 Å². The molecule has 30 heavy (non-hydrogen) atoms. The van der Waals surface area contributed by atoms with E-state index in [1.54, 1.807) is 6.07 Å². The fourth-order valence-corrected chi connectivity index (χ4v) is 5.69. The molecule has 2 aliphatic rings. The average molecular weight is 411 g/mol. The van der Waals surface area contributed by atoms with Gasteiger partial charge in [0.25, 0.3) is 11.6 Å². The molecular formula is C25H34N2O3. The quantitative estimate of drug-likeness (QED) is 0.699. The molecule has 1 aromatic carbocycles. The van der Waals surface area contributed by atoms with E-state index in [9.17, 15) is 4.79 Å². The number of aromatic nitrogens is 2. The van der Waals surface area contributed by atoms with Gasteiger partial charge in [0, 0.05) is 11.8 Å². The monoisotopic (exact) mass is 410 g/mol. The highest BCUT2D eigenvalue weighted by Gasteiger charge is 2.38. The molecule has 162 valence electrons. The molecule has 5 nitrogen and oxygen atoms in total. The summed E-state index contributed by atoms with van der Waals surface area (Å²) >= 11 is 0. The van der Waals surface area contributed by atoms with Crippen molar-refractivity contribution in [3.63, 3.8) is 0 Å². The van der Waals surface area contributed by atoms with E-state index in [1.807, 2.05) is 11.5 Å². The molecule has 0 saturated heterocycles. The van der Waals surface area contributed by atoms with Gasteiger partial charge < -0.3 is 9.47 Å². The lowest BCUT2D eigenvalue weighted by atomic mass is 9.60. The van der Waals surface area contributed by atoms with Crippen molar-refractivity contribution in [3.8, 4) is 11.8 Å². The van der Waals surface area contributed by atoms with E-state index in [-0.39, 0.29) is 11.7 Å². The third-order valence-electron chi connectivity index (χ3n) is 6.44. The van der Waals surface area contributed by atoms with Crippen LogP contribution in [0, 0.1) is 10.8 Å². The van der Waals surface area contributed by atoms with Crippen molar-refractivity contribution in [1.82, 2.24) is 9.55 Å². The number of hydrogen-bond donors (Lipinski definition) is 0. The molecule has 1 saturated carbocycles. The summed E-state index contributed by atoms with van der Waals surface area (Å²) in [5.41, 5.74) is 2.87. The number of hydrogen-bond acceptors (Lipinski definition) is 4. The van der Waals surface area contributed by atoms with E-state index < -0.39 is 0 Å². The van der Waals surface area contributed by atoms with Crippen LogP contribution in [0.15, 0.2) is 35.1 Å². The molecule has 0 spiro atoms. The van der Waals surface area contributed by atoms with Crippen molar-refractivity contribution in [1.29, 1.82) is 0 Å². The standard InChI is InChI=1S/C25H34N2O3/c1-6-19-11-22(28)26-23-27(19)14-21(30-23)15-29-20-9-7-17(8-10-20)18-12-24(2,3)16-25(4,5)13-18/h7-11,18,21H,6,12-16H2,1-5H3. The number of fused-ring (bicyclic) bond motifs is 1. The minimum atomic E-state index is -0.246. The Hall–Kier alpha value is -2.30. The largest absolute Gasteiger partial charge is 0.490 e. The van der Waals surface area contributed by atoms with Gasteiger partial charge in [0.1, 0.15) is 12.4 Å². The van der Waals surface area contributed by atoms with Crippen LogP contribution in [0.3, 0.4) is 0 Å². The van der Waals surface area contributed by atoms with Gasteiger partial charge in [-0.25, -0.2) is 0 Å². The van der Waals surface area contributed by atoms with Crippen molar-refractivity contribution in [2.24, 2.45) is 10.8 Å².